The first-order valence-electron chi connectivity index (χ1n) is 9.01. The lowest BCUT2D eigenvalue weighted by molar-refractivity contribution is -0.145. The fourth-order valence-electron chi connectivity index (χ4n) is 2.80. The zero-order valence-electron chi connectivity index (χ0n) is 16.7. The molecule has 7 heteroatoms. The molecule has 1 atom stereocenters. The summed E-state index contributed by atoms with van der Waals surface area (Å²) in [7, 11) is 1.85. The first-order chi connectivity index (χ1) is 13.1. The highest BCUT2D eigenvalue weighted by molar-refractivity contribution is 6.00. The molecular weight excluding hydrogens is 363 g/mol. The summed E-state index contributed by atoms with van der Waals surface area (Å²) in [5.41, 5.74) is 2.04. The first kappa shape index (κ1) is 21.3. The normalized spacial score (nSPS) is 12.0. The molecular formula is C21H25FN2O4. The van der Waals surface area contributed by atoms with Gasteiger partial charge in [-0.05, 0) is 38.0 Å². The summed E-state index contributed by atoms with van der Waals surface area (Å²) in [4.78, 5) is 37.1. The van der Waals surface area contributed by atoms with Crippen LogP contribution >= 0.6 is 0 Å². The van der Waals surface area contributed by atoms with Crippen LogP contribution in [0.2, 0.25) is 0 Å². The number of rotatable bonds is 7. The van der Waals surface area contributed by atoms with Gasteiger partial charge < -0.3 is 14.6 Å². The Labute approximate surface area is 163 Å². The number of aromatic nitrogens is 1. The van der Waals surface area contributed by atoms with Crippen molar-refractivity contribution < 1.29 is 23.5 Å². The van der Waals surface area contributed by atoms with Gasteiger partial charge >= 0.3 is 5.97 Å². The fraction of sp³-hybridized carbons (Fsp3) is 0.381. The number of amides is 1. The van der Waals surface area contributed by atoms with Crippen molar-refractivity contribution in [2.75, 3.05) is 6.61 Å². The predicted octanol–water partition coefficient (Wildman–Crippen LogP) is 2.96. The average Bonchev–Trinajstić information content (AvgIpc) is 2.91. The first-order valence-corrected chi connectivity index (χ1v) is 9.01. The van der Waals surface area contributed by atoms with E-state index in [9.17, 15) is 18.8 Å². The van der Waals surface area contributed by atoms with Gasteiger partial charge in [0.25, 0.3) is 5.91 Å². The summed E-state index contributed by atoms with van der Waals surface area (Å²) in [6.07, 6.45) is 0. The van der Waals surface area contributed by atoms with E-state index in [4.69, 9.17) is 4.74 Å². The van der Waals surface area contributed by atoms with Gasteiger partial charge in [-0.1, -0.05) is 26.0 Å². The van der Waals surface area contributed by atoms with Gasteiger partial charge in [0.05, 0.1) is 5.56 Å². The van der Waals surface area contributed by atoms with Crippen molar-refractivity contribution in [3.63, 3.8) is 0 Å². The van der Waals surface area contributed by atoms with E-state index < -0.39 is 30.3 Å². The topological polar surface area (TPSA) is 77.4 Å². The molecule has 0 aliphatic rings. The highest BCUT2D eigenvalue weighted by atomic mass is 19.1. The average molecular weight is 388 g/mol. The van der Waals surface area contributed by atoms with Crippen LogP contribution in [0.4, 0.5) is 4.39 Å². The van der Waals surface area contributed by atoms with E-state index in [0.29, 0.717) is 5.56 Å². The lowest BCUT2D eigenvalue weighted by Gasteiger charge is -2.21. The number of hydrogen-bond acceptors (Lipinski definition) is 4. The number of benzene rings is 1. The molecule has 150 valence electrons. The maximum Gasteiger partial charge on any atom is 0.329 e. The molecule has 1 aromatic heterocycles. The van der Waals surface area contributed by atoms with E-state index in [-0.39, 0.29) is 17.3 Å². The summed E-state index contributed by atoms with van der Waals surface area (Å²) in [5.74, 6) is -2.76. The molecule has 1 amide bonds. The number of nitrogens with one attached hydrogen (secondary N) is 1. The number of carbonyl (C=O) groups is 3. The second-order valence-electron chi connectivity index (χ2n) is 7.05. The van der Waals surface area contributed by atoms with Crippen LogP contribution in [0.15, 0.2) is 30.3 Å². The number of Topliss-reactive ketones (excluding diaryl/α,β-unsaturated/α-hetero) is 1. The van der Waals surface area contributed by atoms with Crippen molar-refractivity contribution in [2.24, 2.45) is 13.0 Å². The largest absolute Gasteiger partial charge is 0.456 e. The van der Waals surface area contributed by atoms with E-state index >= 15 is 0 Å². The third kappa shape index (κ3) is 4.65. The zero-order valence-corrected chi connectivity index (χ0v) is 16.7. The van der Waals surface area contributed by atoms with E-state index in [0.717, 1.165) is 11.4 Å². The van der Waals surface area contributed by atoms with Crippen molar-refractivity contribution in [3.05, 3.63) is 58.7 Å². The van der Waals surface area contributed by atoms with Crippen LogP contribution in [0.25, 0.3) is 0 Å². The molecule has 28 heavy (non-hydrogen) atoms. The maximum atomic E-state index is 13.8. The molecule has 0 fully saturated rings. The Kier molecular flexibility index (Phi) is 6.72. The number of aryl methyl sites for hydroxylation is 1. The number of nitrogens with zero attached hydrogens (tertiary/aromatic N) is 1. The Bertz CT molecular complexity index is 902. The minimum Gasteiger partial charge on any atom is -0.456 e. The van der Waals surface area contributed by atoms with Gasteiger partial charge in [0.2, 0.25) is 5.78 Å². The summed E-state index contributed by atoms with van der Waals surface area (Å²) < 4.78 is 20.8. The molecule has 0 aliphatic carbocycles. The van der Waals surface area contributed by atoms with Gasteiger partial charge in [-0.25, -0.2) is 9.18 Å². The number of halogens is 1. The molecule has 2 aromatic rings. The van der Waals surface area contributed by atoms with Crippen molar-refractivity contribution in [1.29, 1.82) is 0 Å². The quantitative estimate of drug-likeness (QED) is 0.584. The highest BCUT2D eigenvalue weighted by Gasteiger charge is 2.28. The van der Waals surface area contributed by atoms with Crippen LogP contribution in [0, 0.1) is 25.6 Å². The Morgan fingerprint density at radius 1 is 1.14 bits per heavy atom. The second kappa shape index (κ2) is 8.82. The smallest absolute Gasteiger partial charge is 0.329 e. The standard InChI is InChI=1S/C21H25FN2O4/c1-12(2)19(23-20(26)15-8-6-7-9-17(15)22)21(27)28-11-18(25)16-10-13(3)24(5)14(16)4/h6-10,12,19H,11H2,1-5H3,(H,23,26)/t19-/m0/s1. The van der Waals surface area contributed by atoms with E-state index in [2.05, 4.69) is 5.32 Å². The van der Waals surface area contributed by atoms with E-state index in [1.807, 2.05) is 25.5 Å². The van der Waals surface area contributed by atoms with Crippen LogP contribution in [0.3, 0.4) is 0 Å². The van der Waals surface area contributed by atoms with Crippen LogP contribution in [0.1, 0.15) is 46.0 Å². The number of hydrogen-bond donors (Lipinski definition) is 1. The molecule has 0 spiro atoms. The van der Waals surface area contributed by atoms with E-state index in [1.165, 1.54) is 24.3 Å². The fourth-order valence-corrected chi connectivity index (χ4v) is 2.80. The van der Waals surface area contributed by atoms with Gasteiger partial charge in [0.1, 0.15) is 11.9 Å². The SMILES string of the molecule is Cc1cc(C(=O)COC(=O)[C@@H](NC(=O)c2ccccc2F)C(C)C)c(C)n1C. The predicted molar refractivity (Wildman–Crippen MR) is 103 cm³/mol. The molecule has 2 rings (SSSR count). The van der Waals surface area contributed by atoms with E-state index in [1.54, 1.807) is 19.9 Å². The van der Waals surface area contributed by atoms with Crippen LogP contribution in [0.5, 0.6) is 0 Å². The Morgan fingerprint density at radius 3 is 2.32 bits per heavy atom. The summed E-state index contributed by atoms with van der Waals surface area (Å²) in [5, 5.41) is 2.49. The van der Waals surface area contributed by atoms with Gasteiger partial charge in [-0.15, -0.1) is 0 Å². The highest BCUT2D eigenvalue weighted by Crippen LogP contribution is 2.15. The molecule has 0 saturated heterocycles. The third-order valence-corrected chi connectivity index (χ3v) is 4.75. The van der Waals surface area contributed by atoms with Crippen molar-refractivity contribution in [3.8, 4) is 0 Å². The summed E-state index contributed by atoms with van der Waals surface area (Å²) in [6.45, 7) is 6.71. The Hall–Kier alpha value is -2.96. The van der Waals surface area contributed by atoms with Gasteiger partial charge in [-0.3, -0.25) is 9.59 Å². The molecule has 1 heterocycles. The van der Waals surface area contributed by atoms with Crippen molar-refractivity contribution >= 4 is 17.7 Å². The van der Waals surface area contributed by atoms with Gasteiger partial charge in [0.15, 0.2) is 6.61 Å². The minimum absolute atomic E-state index is 0.160. The molecule has 1 aromatic carbocycles. The third-order valence-electron chi connectivity index (χ3n) is 4.75. The summed E-state index contributed by atoms with van der Waals surface area (Å²) >= 11 is 0. The Balaban J connectivity index is 2.05. The molecule has 0 bridgehead atoms. The molecule has 1 N–H and O–H groups in total. The minimum atomic E-state index is -1.00. The molecule has 0 saturated carbocycles. The number of carbonyl (C=O) groups excluding carboxylic acids is 3. The van der Waals surface area contributed by atoms with Crippen LogP contribution < -0.4 is 5.32 Å². The molecule has 0 unspecified atom stereocenters. The maximum absolute atomic E-state index is 13.8. The molecule has 0 aliphatic heterocycles. The molecule has 6 nitrogen and oxygen atoms in total. The van der Waals surface area contributed by atoms with Crippen molar-refractivity contribution in [1.82, 2.24) is 9.88 Å². The van der Waals surface area contributed by atoms with Gasteiger partial charge in [0, 0.05) is 24.0 Å². The number of ketones is 1. The lowest BCUT2D eigenvalue weighted by atomic mass is 10.0. The summed E-state index contributed by atoms with van der Waals surface area (Å²) in [6, 6.07) is 6.24. The van der Waals surface area contributed by atoms with Crippen molar-refractivity contribution in [2.45, 2.75) is 33.7 Å². The second-order valence-corrected chi connectivity index (χ2v) is 7.05. The lowest BCUT2D eigenvalue weighted by Crippen LogP contribution is -2.46. The zero-order chi connectivity index (χ0) is 21.0. The monoisotopic (exact) mass is 388 g/mol. The van der Waals surface area contributed by atoms with Crippen LogP contribution in [-0.2, 0) is 16.6 Å². The van der Waals surface area contributed by atoms with Crippen LogP contribution in [-0.4, -0.2) is 34.9 Å². The number of ether oxygens (including phenoxy) is 1. The van der Waals surface area contributed by atoms with Gasteiger partial charge in [-0.2, -0.15) is 0 Å². The molecule has 0 radical (unpaired) electrons. The Morgan fingerprint density at radius 2 is 1.79 bits per heavy atom. The number of esters is 1.